The van der Waals surface area contributed by atoms with Gasteiger partial charge in [0, 0.05) is 25.4 Å². The lowest BCUT2D eigenvalue weighted by Gasteiger charge is -2.22. The lowest BCUT2D eigenvalue weighted by Crippen LogP contribution is -2.38. The summed E-state index contributed by atoms with van der Waals surface area (Å²) < 4.78 is 28.6. The van der Waals surface area contributed by atoms with Gasteiger partial charge < -0.3 is 15.0 Å². The molecule has 138 valence electrons. The highest BCUT2D eigenvalue weighted by Gasteiger charge is 2.09. The van der Waals surface area contributed by atoms with E-state index in [2.05, 4.69) is 28.2 Å². The summed E-state index contributed by atoms with van der Waals surface area (Å²) in [7, 11) is 1.95. The average molecular weight is 473 g/mol. The van der Waals surface area contributed by atoms with Gasteiger partial charge in [-0.05, 0) is 30.9 Å². The van der Waals surface area contributed by atoms with Crippen LogP contribution in [-0.2, 0) is 6.54 Å². The molecule has 1 atom stereocenters. The molecule has 1 unspecified atom stereocenters. The highest BCUT2D eigenvalue weighted by molar-refractivity contribution is 14.0. The topological polar surface area (TPSA) is 36.9 Å². The molecule has 1 N–H and O–H groups in total. The maximum Gasteiger partial charge on any atom is 0.387 e. The predicted molar refractivity (Wildman–Crippen MR) is 109 cm³/mol. The molecule has 1 aromatic rings. The highest BCUT2D eigenvalue weighted by atomic mass is 127. The van der Waals surface area contributed by atoms with Crippen molar-refractivity contribution in [3.63, 3.8) is 0 Å². The summed E-state index contributed by atoms with van der Waals surface area (Å²) in [5, 5.41) is 3.72. The monoisotopic (exact) mass is 473 g/mol. The fraction of sp³-hybridized carbons (Fsp3) is 0.562. The molecule has 1 rings (SSSR count). The smallest absolute Gasteiger partial charge is 0.387 e. The molecule has 0 amide bonds. The minimum absolute atomic E-state index is 0. The van der Waals surface area contributed by atoms with E-state index in [-0.39, 0.29) is 29.7 Å². The van der Waals surface area contributed by atoms with Gasteiger partial charge in [0.2, 0.25) is 0 Å². The summed E-state index contributed by atoms with van der Waals surface area (Å²) in [6.45, 7) is 3.54. The molecule has 0 spiro atoms. The molecule has 0 saturated carbocycles. The first kappa shape index (κ1) is 23.2. The van der Waals surface area contributed by atoms with Crippen molar-refractivity contribution in [2.75, 3.05) is 26.4 Å². The van der Waals surface area contributed by atoms with Crippen LogP contribution in [0.5, 0.6) is 5.75 Å². The van der Waals surface area contributed by atoms with Crippen molar-refractivity contribution in [3.05, 3.63) is 29.8 Å². The Morgan fingerprint density at radius 3 is 2.46 bits per heavy atom. The Morgan fingerprint density at radius 1 is 1.33 bits per heavy atom. The summed E-state index contributed by atoms with van der Waals surface area (Å²) in [5.74, 6) is 1.00. The summed E-state index contributed by atoms with van der Waals surface area (Å²) in [6, 6.07) is 6.66. The Labute approximate surface area is 164 Å². The van der Waals surface area contributed by atoms with Gasteiger partial charge in [-0.2, -0.15) is 20.5 Å². The molecule has 0 saturated heterocycles. The van der Waals surface area contributed by atoms with Crippen LogP contribution in [0.25, 0.3) is 0 Å². The second-order valence-electron chi connectivity index (χ2n) is 5.12. The average Bonchev–Trinajstić information content (AvgIpc) is 2.52. The Balaban J connectivity index is 0.00000529. The lowest BCUT2D eigenvalue weighted by molar-refractivity contribution is -0.0498. The van der Waals surface area contributed by atoms with E-state index < -0.39 is 6.61 Å². The molecule has 0 heterocycles. The van der Waals surface area contributed by atoms with E-state index in [1.54, 1.807) is 36.0 Å². The van der Waals surface area contributed by atoms with Crippen molar-refractivity contribution in [2.24, 2.45) is 4.99 Å². The van der Waals surface area contributed by atoms with Crippen molar-refractivity contribution in [1.29, 1.82) is 0 Å². The second-order valence-corrected chi connectivity index (χ2v) is 6.40. The Morgan fingerprint density at radius 2 is 1.96 bits per heavy atom. The Hall–Kier alpha value is -0.770. The number of alkyl halides is 2. The number of hydrogen-bond donors (Lipinski definition) is 1. The number of hydrogen-bond acceptors (Lipinski definition) is 3. The summed E-state index contributed by atoms with van der Waals surface area (Å²) in [5.41, 5.74) is 0.998. The standard InChI is InChI=1S/C16H25F2N3OS.HI/c1-5-19-16(20-10-12(2)23-4)21(3)11-13-6-8-14(9-7-13)22-15(17)18;/h6-9,12,15H,5,10-11H2,1-4H3,(H,19,20);1H. The number of rotatable bonds is 8. The number of halogens is 3. The minimum atomic E-state index is -2.80. The Kier molecular flexibility index (Phi) is 12.2. The van der Waals surface area contributed by atoms with Gasteiger partial charge in [-0.1, -0.05) is 19.1 Å². The predicted octanol–water partition coefficient (Wildman–Crippen LogP) is 4.05. The van der Waals surface area contributed by atoms with E-state index in [4.69, 9.17) is 0 Å². The number of ether oxygens (including phenoxy) is 1. The molecule has 1 aromatic carbocycles. The number of guanidine groups is 1. The van der Waals surface area contributed by atoms with Gasteiger partial charge in [0.1, 0.15) is 5.75 Å². The van der Waals surface area contributed by atoms with E-state index in [0.29, 0.717) is 11.8 Å². The van der Waals surface area contributed by atoms with Crippen LogP contribution >= 0.6 is 35.7 Å². The van der Waals surface area contributed by atoms with Crippen molar-refractivity contribution in [3.8, 4) is 5.75 Å². The van der Waals surface area contributed by atoms with Crippen molar-refractivity contribution in [2.45, 2.75) is 32.3 Å². The van der Waals surface area contributed by atoms with Gasteiger partial charge >= 0.3 is 6.61 Å². The largest absolute Gasteiger partial charge is 0.435 e. The van der Waals surface area contributed by atoms with E-state index in [9.17, 15) is 8.78 Å². The molecular formula is C16H26F2IN3OS. The minimum Gasteiger partial charge on any atom is -0.435 e. The van der Waals surface area contributed by atoms with Gasteiger partial charge in [-0.15, -0.1) is 24.0 Å². The van der Waals surface area contributed by atoms with Crippen molar-refractivity contribution >= 4 is 41.7 Å². The third kappa shape index (κ3) is 8.91. The zero-order valence-corrected chi connectivity index (χ0v) is 17.6. The number of nitrogens with one attached hydrogen (secondary N) is 1. The SMILES string of the molecule is CCNC(=NCC(C)SC)N(C)Cc1ccc(OC(F)F)cc1.I. The van der Waals surface area contributed by atoms with E-state index in [0.717, 1.165) is 24.6 Å². The first-order chi connectivity index (χ1) is 11.0. The van der Waals surface area contributed by atoms with Crippen LogP contribution < -0.4 is 10.1 Å². The highest BCUT2D eigenvalue weighted by Crippen LogP contribution is 2.15. The molecule has 0 bridgehead atoms. The molecule has 0 aliphatic carbocycles. The van der Waals surface area contributed by atoms with Gasteiger partial charge in [0.05, 0.1) is 6.54 Å². The molecule has 0 aliphatic rings. The van der Waals surface area contributed by atoms with Crippen LogP contribution in [0.15, 0.2) is 29.3 Å². The van der Waals surface area contributed by atoms with E-state index in [1.807, 2.05) is 18.9 Å². The molecule has 4 nitrogen and oxygen atoms in total. The summed E-state index contributed by atoms with van der Waals surface area (Å²) >= 11 is 1.78. The fourth-order valence-electron chi connectivity index (χ4n) is 1.88. The second kappa shape index (κ2) is 12.6. The fourth-order valence-corrected chi connectivity index (χ4v) is 2.11. The normalized spacial score (nSPS) is 12.5. The van der Waals surface area contributed by atoms with Gasteiger partial charge in [0.25, 0.3) is 0 Å². The van der Waals surface area contributed by atoms with Crippen LogP contribution in [0.1, 0.15) is 19.4 Å². The third-order valence-corrected chi connectivity index (χ3v) is 4.12. The zero-order chi connectivity index (χ0) is 17.2. The zero-order valence-electron chi connectivity index (χ0n) is 14.5. The summed E-state index contributed by atoms with van der Waals surface area (Å²) in [6.07, 6.45) is 2.07. The quantitative estimate of drug-likeness (QED) is 0.351. The molecule has 0 aliphatic heterocycles. The third-order valence-electron chi connectivity index (χ3n) is 3.17. The van der Waals surface area contributed by atoms with Gasteiger partial charge in [-0.3, -0.25) is 4.99 Å². The van der Waals surface area contributed by atoms with Gasteiger partial charge in [0.15, 0.2) is 5.96 Å². The maximum atomic E-state index is 12.1. The lowest BCUT2D eigenvalue weighted by atomic mass is 10.2. The first-order valence-corrected chi connectivity index (χ1v) is 8.81. The van der Waals surface area contributed by atoms with Crippen molar-refractivity contribution in [1.82, 2.24) is 10.2 Å². The van der Waals surface area contributed by atoms with Gasteiger partial charge in [-0.25, -0.2) is 0 Å². The van der Waals surface area contributed by atoms with Crippen LogP contribution in [0.3, 0.4) is 0 Å². The summed E-state index contributed by atoms with van der Waals surface area (Å²) in [4.78, 5) is 6.64. The molecular weight excluding hydrogens is 447 g/mol. The molecule has 8 heteroatoms. The molecule has 24 heavy (non-hydrogen) atoms. The molecule has 0 radical (unpaired) electrons. The maximum absolute atomic E-state index is 12.1. The molecule has 0 aromatic heterocycles. The van der Waals surface area contributed by atoms with Crippen LogP contribution in [0.2, 0.25) is 0 Å². The van der Waals surface area contributed by atoms with Crippen LogP contribution in [0, 0.1) is 0 Å². The Bertz CT molecular complexity index is 489. The van der Waals surface area contributed by atoms with E-state index >= 15 is 0 Å². The number of aliphatic imine (C=N–C) groups is 1. The number of benzene rings is 1. The van der Waals surface area contributed by atoms with Crippen molar-refractivity contribution < 1.29 is 13.5 Å². The van der Waals surface area contributed by atoms with Crippen LogP contribution in [0.4, 0.5) is 8.78 Å². The first-order valence-electron chi connectivity index (χ1n) is 7.52. The number of nitrogens with zero attached hydrogens (tertiary/aromatic N) is 2. The van der Waals surface area contributed by atoms with E-state index in [1.165, 1.54) is 0 Å². The number of thioether (sulfide) groups is 1. The van der Waals surface area contributed by atoms with Crippen LogP contribution in [-0.4, -0.2) is 49.1 Å². The molecule has 0 fully saturated rings.